The summed E-state index contributed by atoms with van der Waals surface area (Å²) in [7, 11) is 1.89. The number of hydrogen-bond donors (Lipinski definition) is 0. The highest BCUT2D eigenvalue weighted by Crippen LogP contribution is 2.21. The van der Waals surface area contributed by atoms with Crippen molar-refractivity contribution in [2.24, 2.45) is 13.0 Å². The first-order chi connectivity index (χ1) is 10.8. The van der Waals surface area contributed by atoms with Gasteiger partial charge in [-0.3, -0.25) is 4.68 Å². The fourth-order valence-corrected chi connectivity index (χ4v) is 2.87. The zero-order chi connectivity index (χ0) is 14.9. The Morgan fingerprint density at radius 3 is 2.86 bits per heavy atom. The SMILES string of the molecule is Cn1cc(-c2cnc3ncn(CC4CCOCC4)c3n2)cn1. The Morgan fingerprint density at radius 2 is 2.09 bits per heavy atom. The molecule has 0 saturated carbocycles. The maximum absolute atomic E-state index is 5.42. The van der Waals surface area contributed by atoms with E-state index >= 15 is 0 Å². The van der Waals surface area contributed by atoms with E-state index in [4.69, 9.17) is 9.72 Å². The van der Waals surface area contributed by atoms with Crippen molar-refractivity contribution in [3.63, 3.8) is 0 Å². The van der Waals surface area contributed by atoms with E-state index < -0.39 is 0 Å². The molecule has 114 valence electrons. The summed E-state index contributed by atoms with van der Waals surface area (Å²) >= 11 is 0. The third-order valence-electron chi connectivity index (χ3n) is 4.12. The Hall–Kier alpha value is -2.28. The normalized spacial score (nSPS) is 16.4. The molecule has 1 saturated heterocycles. The summed E-state index contributed by atoms with van der Waals surface area (Å²) in [6.07, 6.45) is 9.52. The molecule has 0 spiro atoms. The molecule has 1 aliphatic heterocycles. The van der Waals surface area contributed by atoms with E-state index in [0.29, 0.717) is 11.6 Å². The van der Waals surface area contributed by atoms with Crippen molar-refractivity contribution in [2.45, 2.75) is 19.4 Å². The second-order valence-electron chi connectivity index (χ2n) is 5.76. The van der Waals surface area contributed by atoms with Crippen LogP contribution in [0, 0.1) is 5.92 Å². The van der Waals surface area contributed by atoms with E-state index in [1.807, 2.05) is 19.6 Å². The Labute approximate surface area is 128 Å². The lowest BCUT2D eigenvalue weighted by atomic mass is 10.0. The van der Waals surface area contributed by atoms with Gasteiger partial charge in [0.05, 0.1) is 24.4 Å². The van der Waals surface area contributed by atoms with Gasteiger partial charge in [-0.05, 0) is 18.8 Å². The Kier molecular flexibility index (Phi) is 3.34. The van der Waals surface area contributed by atoms with E-state index in [9.17, 15) is 0 Å². The molecule has 7 nitrogen and oxygen atoms in total. The van der Waals surface area contributed by atoms with E-state index in [-0.39, 0.29) is 0 Å². The van der Waals surface area contributed by atoms with Crippen LogP contribution in [-0.4, -0.2) is 42.5 Å². The molecular weight excluding hydrogens is 280 g/mol. The molecule has 0 aliphatic carbocycles. The zero-order valence-electron chi connectivity index (χ0n) is 12.5. The van der Waals surface area contributed by atoms with Gasteiger partial charge < -0.3 is 9.30 Å². The number of hydrogen-bond acceptors (Lipinski definition) is 5. The Balaban J connectivity index is 1.67. The van der Waals surface area contributed by atoms with Crippen LogP contribution in [0.2, 0.25) is 0 Å². The monoisotopic (exact) mass is 298 g/mol. The molecule has 4 rings (SSSR count). The lowest BCUT2D eigenvalue weighted by Crippen LogP contribution is -2.20. The molecule has 0 unspecified atom stereocenters. The van der Waals surface area contributed by atoms with Crippen molar-refractivity contribution in [1.82, 2.24) is 29.3 Å². The van der Waals surface area contributed by atoms with Gasteiger partial charge >= 0.3 is 0 Å². The number of aryl methyl sites for hydroxylation is 1. The summed E-state index contributed by atoms with van der Waals surface area (Å²) in [5.41, 5.74) is 3.33. The van der Waals surface area contributed by atoms with Crippen LogP contribution in [0.5, 0.6) is 0 Å². The largest absolute Gasteiger partial charge is 0.381 e. The summed E-state index contributed by atoms with van der Waals surface area (Å²) in [6.45, 7) is 2.62. The molecule has 0 amide bonds. The third kappa shape index (κ3) is 2.48. The summed E-state index contributed by atoms with van der Waals surface area (Å²) in [6, 6.07) is 0. The van der Waals surface area contributed by atoms with Gasteiger partial charge in [0.2, 0.25) is 0 Å². The minimum absolute atomic E-state index is 0.620. The van der Waals surface area contributed by atoms with Crippen LogP contribution in [0.25, 0.3) is 22.6 Å². The van der Waals surface area contributed by atoms with Crippen molar-refractivity contribution < 1.29 is 4.74 Å². The van der Waals surface area contributed by atoms with Gasteiger partial charge in [-0.2, -0.15) is 5.10 Å². The fourth-order valence-electron chi connectivity index (χ4n) is 2.87. The third-order valence-corrected chi connectivity index (χ3v) is 4.12. The van der Waals surface area contributed by atoms with Crippen LogP contribution in [0.4, 0.5) is 0 Å². The molecule has 0 N–H and O–H groups in total. The molecule has 0 radical (unpaired) electrons. The molecule has 22 heavy (non-hydrogen) atoms. The van der Waals surface area contributed by atoms with Gasteiger partial charge in [0.25, 0.3) is 0 Å². The first-order valence-electron chi connectivity index (χ1n) is 7.54. The van der Waals surface area contributed by atoms with E-state index in [0.717, 1.165) is 49.5 Å². The first kappa shape index (κ1) is 13.4. The Morgan fingerprint density at radius 1 is 1.23 bits per heavy atom. The molecule has 0 atom stereocenters. The summed E-state index contributed by atoms with van der Waals surface area (Å²) in [4.78, 5) is 13.5. The number of nitrogens with zero attached hydrogens (tertiary/aromatic N) is 6. The maximum Gasteiger partial charge on any atom is 0.197 e. The smallest absolute Gasteiger partial charge is 0.197 e. The van der Waals surface area contributed by atoms with Gasteiger partial charge in [0, 0.05) is 38.6 Å². The Bertz CT molecular complexity index is 786. The molecule has 0 aromatic carbocycles. The maximum atomic E-state index is 5.42. The predicted molar refractivity (Wildman–Crippen MR) is 81.1 cm³/mol. The van der Waals surface area contributed by atoms with Crippen LogP contribution in [0.1, 0.15) is 12.8 Å². The van der Waals surface area contributed by atoms with Crippen LogP contribution in [-0.2, 0) is 18.3 Å². The molecule has 4 heterocycles. The van der Waals surface area contributed by atoms with Gasteiger partial charge in [-0.1, -0.05) is 0 Å². The molecule has 3 aromatic heterocycles. The van der Waals surface area contributed by atoms with Crippen LogP contribution in [0.3, 0.4) is 0 Å². The number of rotatable bonds is 3. The number of imidazole rings is 1. The lowest BCUT2D eigenvalue weighted by Gasteiger charge is -2.22. The molecule has 7 heteroatoms. The topological polar surface area (TPSA) is 70.7 Å². The highest BCUT2D eigenvalue weighted by atomic mass is 16.5. The molecule has 0 bridgehead atoms. The second-order valence-corrected chi connectivity index (χ2v) is 5.76. The van der Waals surface area contributed by atoms with Gasteiger partial charge in [-0.25, -0.2) is 15.0 Å². The highest BCUT2D eigenvalue weighted by molar-refractivity contribution is 5.70. The van der Waals surface area contributed by atoms with E-state index in [1.165, 1.54) is 0 Å². The van der Waals surface area contributed by atoms with Crippen LogP contribution >= 0.6 is 0 Å². The first-order valence-corrected chi connectivity index (χ1v) is 7.54. The zero-order valence-corrected chi connectivity index (χ0v) is 12.5. The minimum Gasteiger partial charge on any atom is -0.381 e. The summed E-state index contributed by atoms with van der Waals surface area (Å²) in [5.74, 6) is 0.620. The van der Waals surface area contributed by atoms with Crippen LogP contribution in [0.15, 0.2) is 24.9 Å². The van der Waals surface area contributed by atoms with Crippen molar-refractivity contribution >= 4 is 11.3 Å². The standard InChI is InChI=1S/C15H18N6O/c1-20-9-12(6-18-20)13-7-16-14-15(19-13)21(10-17-14)8-11-2-4-22-5-3-11/h6-7,9-11H,2-5,8H2,1H3. The minimum atomic E-state index is 0.620. The van der Waals surface area contributed by atoms with Gasteiger partial charge in [0.1, 0.15) is 0 Å². The van der Waals surface area contributed by atoms with Crippen LogP contribution < -0.4 is 0 Å². The highest BCUT2D eigenvalue weighted by Gasteiger charge is 2.17. The van der Waals surface area contributed by atoms with Crippen molar-refractivity contribution in [3.05, 3.63) is 24.9 Å². The van der Waals surface area contributed by atoms with Crippen molar-refractivity contribution in [1.29, 1.82) is 0 Å². The van der Waals surface area contributed by atoms with Gasteiger partial charge in [0.15, 0.2) is 11.3 Å². The van der Waals surface area contributed by atoms with Gasteiger partial charge in [-0.15, -0.1) is 0 Å². The number of aromatic nitrogens is 6. The fraction of sp³-hybridized carbons (Fsp3) is 0.467. The molecular formula is C15H18N6O. The second kappa shape index (κ2) is 5.49. The molecule has 1 fully saturated rings. The number of ether oxygens (including phenoxy) is 1. The molecule has 1 aliphatic rings. The molecule has 3 aromatic rings. The average Bonchev–Trinajstić information content (AvgIpc) is 3.15. The van der Waals surface area contributed by atoms with Crippen molar-refractivity contribution in [3.8, 4) is 11.3 Å². The summed E-state index contributed by atoms with van der Waals surface area (Å²) in [5, 5.41) is 4.19. The van der Waals surface area contributed by atoms with Crippen molar-refractivity contribution in [2.75, 3.05) is 13.2 Å². The lowest BCUT2D eigenvalue weighted by molar-refractivity contribution is 0.0615. The van der Waals surface area contributed by atoms with E-state index in [1.54, 1.807) is 17.1 Å². The predicted octanol–water partition coefficient (Wildman–Crippen LogP) is 1.65. The number of fused-ring (bicyclic) bond motifs is 1. The summed E-state index contributed by atoms with van der Waals surface area (Å²) < 4.78 is 9.30. The van der Waals surface area contributed by atoms with E-state index in [2.05, 4.69) is 19.6 Å². The average molecular weight is 298 g/mol. The quantitative estimate of drug-likeness (QED) is 0.735.